The van der Waals surface area contributed by atoms with Crippen LogP contribution in [0.3, 0.4) is 0 Å². The molecule has 0 unspecified atom stereocenters. The molecule has 0 radical (unpaired) electrons. The molecule has 3 aromatic rings. The van der Waals surface area contributed by atoms with Crippen molar-refractivity contribution < 1.29 is 22.7 Å². The van der Waals surface area contributed by atoms with Crippen molar-refractivity contribution in [2.45, 2.75) is 0 Å². The number of amides is 1. The largest absolute Gasteiger partial charge is 0.496 e. The van der Waals surface area contributed by atoms with E-state index in [1.165, 1.54) is 25.3 Å². The fourth-order valence-electron chi connectivity index (χ4n) is 3.48. The molecule has 0 atom stereocenters. The minimum atomic E-state index is -0.853. The van der Waals surface area contributed by atoms with Crippen molar-refractivity contribution in [1.82, 2.24) is 9.88 Å². The third-order valence-corrected chi connectivity index (χ3v) is 4.99. The minimum absolute atomic E-state index is 0.0371. The van der Waals surface area contributed by atoms with Gasteiger partial charge in [0, 0.05) is 49.4 Å². The SMILES string of the molecule is COc1cc(C(=O)N2CCN(c3ccc(F)cc3)CC2)nc2c(F)cc(F)cc12. The Balaban J connectivity index is 1.56. The van der Waals surface area contributed by atoms with Gasteiger partial charge in [-0.15, -0.1) is 0 Å². The number of pyridine rings is 1. The van der Waals surface area contributed by atoms with Crippen molar-refractivity contribution in [3.63, 3.8) is 0 Å². The Morgan fingerprint density at radius 1 is 0.966 bits per heavy atom. The first kappa shape index (κ1) is 19.0. The van der Waals surface area contributed by atoms with Crippen LogP contribution in [0.25, 0.3) is 10.9 Å². The molecule has 8 heteroatoms. The Bertz CT molecular complexity index is 1060. The molecule has 5 nitrogen and oxygen atoms in total. The molecule has 0 aliphatic carbocycles. The topological polar surface area (TPSA) is 45.7 Å². The summed E-state index contributed by atoms with van der Waals surface area (Å²) in [5.74, 6) is -2.07. The molecule has 0 N–H and O–H groups in total. The summed E-state index contributed by atoms with van der Waals surface area (Å²) in [5.41, 5.74) is 0.808. The third-order valence-electron chi connectivity index (χ3n) is 4.99. The quantitative estimate of drug-likeness (QED) is 0.673. The lowest BCUT2D eigenvalue weighted by atomic mass is 10.1. The molecule has 1 amide bonds. The molecule has 0 spiro atoms. The highest BCUT2D eigenvalue weighted by Gasteiger charge is 2.25. The fraction of sp³-hybridized carbons (Fsp3) is 0.238. The smallest absolute Gasteiger partial charge is 0.272 e. The molecule has 150 valence electrons. The van der Waals surface area contributed by atoms with Crippen LogP contribution >= 0.6 is 0 Å². The van der Waals surface area contributed by atoms with E-state index in [9.17, 15) is 18.0 Å². The monoisotopic (exact) mass is 401 g/mol. The van der Waals surface area contributed by atoms with E-state index in [-0.39, 0.29) is 34.1 Å². The highest BCUT2D eigenvalue weighted by atomic mass is 19.1. The Kier molecular flexibility index (Phi) is 5.00. The number of ether oxygens (including phenoxy) is 1. The van der Waals surface area contributed by atoms with Gasteiger partial charge in [-0.1, -0.05) is 0 Å². The second-order valence-electron chi connectivity index (χ2n) is 6.75. The number of carbonyl (C=O) groups is 1. The Labute approximate surface area is 165 Å². The molecular formula is C21H18F3N3O2. The number of anilines is 1. The summed E-state index contributed by atoms with van der Waals surface area (Å²) in [6.45, 7) is 2.01. The van der Waals surface area contributed by atoms with Crippen molar-refractivity contribution in [2.24, 2.45) is 0 Å². The highest BCUT2D eigenvalue weighted by Crippen LogP contribution is 2.29. The summed E-state index contributed by atoms with van der Waals surface area (Å²) in [7, 11) is 1.37. The fourth-order valence-corrected chi connectivity index (χ4v) is 3.48. The Morgan fingerprint density at radius 2 is 1.66 bits per heavy atom. The first-order valence-electron chi connectivity index (χ1n) is 9.10. The zero-order valence-corrected chi connectivity index (χ0v) is 15.7. The predicted octanol–water partition coefficient (Wildman–Crippen LogP) is 3.62. The van der Waals surface area contributed by atoms with E-state index in [2.05, 4.69) is 9.88 Å². The lowest BCUT2D eigenvalue weighted by Crippen LogP contribution is -2.49. The molecule has 0 bridgehead atoms. The van der Waals surface area contributed by atoms with Crippen molar-refractivity contribution in [1.29, 1.82) is 0 Å². The number of methoxy groups -OCH3 is 1. The van der Waals surface area contributed by atoms with E-state index in [0.717, 1.165) is 17.8 Å². The van der Waals surface area contributed by atoms with Gasteiger partial charge in [0.25, 0.3) is 5.91 Å². The highest BCUT2D eigenvalue weighted by molar-refractivity contribution is 5.97. The van der Waals surface area contributed by atoms with Gasteiger partial charge in [-0.3, -0.25) is 4.79 Å². The van der Waals surface area contributed by atoms with Crippen LogP contribution in [0.5, 0.6) is 5.75 Å². The van der Waals surface area contributed by atoms with E-state index in [1.807, 2.05) is 0 Å². The number of hydrogen-bond acceptors (Lipinski definition) is 4. The molecule has 1 aliphatic heterocycles. The van der Waals surface area contributed by atoms with Crippen molar-refractivity contribution >= 4 is 22.5 Å². The molecular weight excluding hydrogens is 383 g/mol. The van der Waals surface area contributed by atoms with Crippen LogP contribution in [0.1, 0.15) is 10.5 Å². The second kappa shape index (κ2) is 7.62. The van der Waals surface area contributed by atoms with Crippen LogP contribution in [-0.2, 0) is 0 Å². The van der Waals surface area contributed by atoms with E-state index in [4.69, 9.17) is 4.74 Å². The Hall–Kier alpha value is -3.29. The van der Waals surface area contributed by atoms with Gasteiger partial charge in [0.15, 0.2) is 5.82 Å². The predicted molar refractivity (Wildman–Crippen MR) is 103 cm³/mol. The average molecular weight is 401 g/mol. The first-order valence-corrected chi connectivity index (χ1v) is 9.10. The molecule has 29 heavy (non-hydrogen) atoms. The van der Waals surface area contributed by atoms with E-state index in [1.54, 1.807) is 17.0 Å². The van der Waals surface area contributed by atoms with Gasteiger partial charge >= 0.3 is 0 Å². The normalized spacial score (nSPS) is 14.3. The lowest BCUT2D eigenvalue weighted by Gasteiger charge is -2.36. The van der Waals surface area contributed by atoms with Gasteiger partial charge in [-0.2, -0.15) is 0 Å². The van der Waals surface area contributed by atoms with Crippen LogP contribution in [0, 0.1) is 17.5 Å². The summed E-state index contributed by atoms with van der Waals surface area (Å²) in [4.78, 5) is 20.7. The molecule has 1 aromatic heterocycles. The van der Waals surface area contributed by atoms with Crippen LogP contribution < -0.4 is 9.64 Å². The lowest BCUT2D eigenvalue weighted by molar-refractivity contribution is 0.0741. The first-order chi connectivity index (χ1) is 14.0. The number of piperazine rings is 1. The summed E-state index contributed by atoms with van der Waals surface area (Å²) < 4.78 is 46.1. The zero-order valence-electron chi connectivity index (χ0n) is 15.7. The van der Waals surface area contributed by atoms with Crippen molar-refractivity contribution in [2.75, 3.05) is 38.2 Å². The van der Waals surface area contributed by atoms with Gasteiger partial charge in [0.05, 0.1) is 7.11 Å². The second-order valence-corrected chi connectivity index (χ2v) is 6.75. The van der Waals surface area contributed by atoms with Gasteiger partial charge in [0.1, 0.15) is 28.6 Å². The van der Waals surface area contributed by atoms with Gasteiger partial charge in [0.2, 0.25) is 0 Å². The van der Waals surface area contributed by atoms with Gasteiger partial charge in [-0.25, -0.2) is 18.2 Å². The molecule has 4 rings (SSSR count). The Morgan fingerprint density at radius 3 is 2.31 bits per heavy atom. The molecule has 0 saturated carbocycles. The number of hydrogen-bond donors (Lipinski definition) is 0. The number of carbonyl (C=O) groups excluding carboxylic acids is 1. The number of aromatic nitrogens is 1. The van der Waals surface area contributed by atoms with Crippen molar-refractivity contribution in [3.8, 4) is 5.75 Å². The molecule has 1 aliphatic rings. The molecule has 1 saturated heterocycles. The standard InChI is InChI=1S/C21H18F3N3O2/c1-29-19-12-18(25-20-16(19)10-14(23)11-17(20)24)21(28)27-8-6-26(7-9-27)15-4-2-13(22)3-5-15/h2-5,10-12H,6-9H2,1H3. The number of nitrogens with zero attached hydrogens (tertiary/aromatic N) is 3. The maximum atomic E-state index is 14.2. The van der Waals surface area contributed by atoms with Gasteiger partial charge < -0.3 is 14.5 Å². The van der Waals surface area contributed by atoms with E-state index < -0.39 is 11.6 Å². The van der Waals surface area contributed by atoms with E-state index in [0.29, 0.717) is 26.2 Å². The number of rotatable bonds is 3. The number of benzene rings is 2. The number of fused-ring (bicyclic) bond motifs is 1. The molecule has 2 aromatic carbocycles. The average Bonchev–Trinajstić information content (AvgIpc) is 2.73. The zero-order chi connectivity index (χ0) is 20.5. The molecule has 1 fully saturated rings. The maximum absolute atomic E-state index is 14.2. The summed E-state index contributed by atoms with van der Waals surface area (Å²) in [6.07, 6.45) is 0. The number of halogens is 3. The summed E-state index contributed by atoms with van der Waals surface area (Å²) >= 11 is 0. The molecule has 2 heterocycles. The van der Waals surface area contributed by atoms with Crippen LogP contribution in [0.15, 0.2) is 42.5 Å². The third kappa shape index (κ3) is 3.70. The maximum Gasteiger partial charge on any atom is 0.272 e. The van der Waals surface area contributed by atoms with Crippen LogP contribution in [0.2, 0.25) is 0 Å². The minimum Gasteiger partial charge on any atom is -0.496 e. The van der Waals surface area contributed by atoms with Gasteiger partial charge in [-0.05, 0) is 30.3 Å². The van der Waals surface area contributed by atoms with Crippen LogP contribution in [0.4, 0.5) is 18.9 Å². The summed E-state index contributed by atoms with van der Waals surface area (Å²) in [6, 6.07) is 9.44. The van der Waals surface area contributed by atoms with Crippen LogP contribution in [-0.4, -0.2) is 49.1 Å². The summed E-state index contributed by atoms with van der Waals surface area (Å²) in [5, 5.41) is 0.169. The van der Waals surface area contributed by atoms with Crippen molar-refractivity contribution in [3.05, 3.63) is 65.6 Å². The van der Waals surface area contributed by atoms with E-state index >= 15 is 0 Å².